The molecule has 26 heavy (non-hydrogen) atoms. The van der Waals surface area contributed by atoms with Crippen molar-refractivity contribution in [2.45, 2.75) is 25.7 Å². The summed E-state index contributed by atoms with van der Waals surface area (Å²) in [5.74, 6) is 0. The van der Waals surface area contributed by atoms with Crippen molar-refractivity contribution in [1.29, 1.82) is 0 Å². The number of hydrogen-bond acceptors (Lipinski definition) is 5. The Morgan fingerprint density at radius 1 is 1.08 bits per heavy atom. The van der Waals surface area contributed by atoms with Crippen LogP contribution in [0.1, 0.15) is 25.7 Å². The second-order valence-corrected chi connectivity index (χ2v) is 7.65. The minimum atomic E-state index is 0.509. The van der Waals surface area contributed by atoms with Crippen LogP contribution in [0.4, 0.5) is 5.69 Å². The van der Waals surface area contributed by atoms with Crippen LogP contribution < -0.4 is 10.2 Å². The zero-order chi connectivity index (χ0) is 17.4. The third kappa shape index (κ3) is 2.65. The van der Waals surface area contributed by atoms with Crippen molar-refractivity contribution < 1.29 is 0 Å². The molecule has 3 aromatic rings. The zero-order valence-corrected chi connectivity index (χ0v) is 14.9. The van der Waals surface area contributed by atoms with E-state index in [9.17, 15) is 0 Å². The van der Waals surface area contributed by atoms with Gasteiger partial charge in [-0.25, -0.2) is 15.0 Å². The van der Waals surface area contributed by atoms with E-state index < -0.39 is 0 Å². The van der Waals surface area contributed by atoms with Gasteiger partial charge in [0.05, 0.1) is 0 Å². The SMILES string of the molecule is c1ncc(-c2c[nH]c3nccc(N4CCC5(CCCNC5)CC4)c23)cn1. The third-order valence-electron chi connectivity index (χ3n) is 6.15. The summed E-state index contributed by atoms with van der Waals surface area (Å²) in [6.45, 7) is 4.58. The first-order valence-electron chi connectivity index (χ1n) is 9.52. The quantitative estimate of drug-likeness (QED) is 0.745. The van der Waals surface area contributed by atoms with Crippen LogP contribution in [0.15, 0.2) is 37.2 Å². The summed E-state index contributed by atoms with van der Waals surface area (Å²) < 4.78 is 0. The third-order valence-corrected chi connectivity index (χ3v) is 6.15. The molecular formula is C20H24N6. The number of anilines is 1. The number of aromatic nitrogens is 4. The molecule has 0 saturated carbocycles. The van der Waals surface area contributed by atoms with E-state index in [1.54, 1.807) is 6.33 Å². The minimum absolute atomic E-state index is 0.509. The van der Waals surface area contributed by atoms with Gasteiger partial charge in [-0.15, -0.1) is 0 Å². The van der Waals surface area contributed by atoms with E-state index in [0.717, 1.165) is 29.9 Å². The summed E-state index contributed by atoms with van der Waals surface area (Å²) in [6, 6.07) is 2.15. The predicted molar refractivity (Wildman–Crippen MR) is 103 cm³/mol. The van der Waals surface area contributed by atoms with Gasteiger partial charge in [-0.05, 0) is 43.7 Å². The van der Waals surface area contributed by atoms with Crippen LogP contribution in [0.2, 0.25) is 0 Å². The summed E-state index contributed by atoms with van der Waals surface area (Å²) in [5.41, 5.74) is 4.87. The standard InChI is InChI=1S/C20H24N6/c1-3-20(13-21-6-1)4-8-26(9-5-20)17-2-7-24-19-18(17)16(12-25-19)15-10-22-14-23-11-15/h2,7,10-12,14,21H,1,3-6,8-9,13H2,(H,24,25). The molecule has 134 valence electrons. The van der Waals surface area contributed by atoms with Crippen LogP contribution in [0, 0.1) is 5.41 Å². The van der Waals surface area contributed by atoms with Crippen molar-refractivity contribution >= 4 is 16.7 Å². The van der Waals surface area contributed by atoms with Crippen LogP contribution in [0.25, 0.3) is 22.2 Å². The lowest BCUT2D eigenvalue weighted by Crippen LogP contribution is -2.48. The maximum absolute atomic E-state index is 4.53. The number of piperidine rings is 2. The van der Waals surface area contributed by atoms with E-state index in [4.69, 9.17) is 0 Å². The van der Waals surface area contributed by atoms with Crippen molar-refractivity contribution in [3.63, 3.8) is 0 Å². The average molecular weight is 348 g/mol. The fraction of sp³-hybridized carbons (Fsp3) is 0.450. The Balaban J connectivity index is 1.49. The first-order chi connectivity index (χ1) is 12.8. The summed E-state index contributed by atoms with van der Waals surface area (Å²) in [5, 5.41) is 4.79. The van der Waals surface area contributed by atoms with Crippen LogP contribution in [-0.2, 0) is 0 Å². The highest BCUT2D eigenvalue weighted by molar-refractivity contribution is 6.02. The van der Waals surface area contributed by atoms with Crippen molar-refractivity contribution in [1.82, 2.24) is 25.3 Å². The highest BCUT2D eigenvalue weighted by Gasteiger charge is 2.36. The molecular weight excluding hydrogens is 324 g/mol. The van der Waals surface area contributed by atoms with Gasteiger partial charge in [0.2, 0.25) is 0 Å². The van der Waals surface area contributed by atoms with Gasteiger partial charge in [0.25, 0.3) is 0 Å². The van der Waals surface area contributed by atoms with Crippen molar-refractivity contribution in [3.05, 3.63) is 37.2 Å². The Kier molecular flexibility index (Phi) is 3.85. The topological polar surface area (TPSA) is 69.7 Å². The fourth-order valence-electron chi connectivity index (χ4n) is 4.65. The Morgan fingerprint density at radius 2 is 1.92 bits per heavy atom. The van der Waals surface area contributed by atoms with Gasteiger partial charge in [0.15, 0.2) is 0 Å². The summed E-state index contributed by atoms with van der Waals surface area (Å²) in [6.07, 6.45) is 14.4. The Morgan fingerprint density at radius 3 is 2.69 bits per heavy atom. The van der Waals surface area contributed by atoms with Crippen LogP contribution in [0.3, 0.4) is 0 Å². The molecule has 2 saturated heterocycles. The number of pyridine rings is 1. The van der Waals surface area contributed by atoms with Gasteiger partial charge in [-0.2, -0.15) is 0 Å². The molecule has 0 amide bonds. The monoisotopic (exact) mass is 348 g/mol. The number of rotatable bonds is 2. The molecule has 2 aliphatic heterocycles. The first-order valence-corrected chi connectivity index (χ1v) is 9.52. The number of hydrogen-bond donors (Lipinski definition) is 2. The lowest BCUT2D eigenvalue weighted by molar-refractivity contribution is 0.161. The normalized spacial score (nSPS) is 19.9. The Hall–Kier alpha value is -2.47. The van der Waals surface area contributed by atoms with Crippen LogP contribution in [-0.4, -0.2) is 46.1 Å². The molecule has 2 fully saturated rings. The molecule has 2 aliphatic rings. The Labute approximate surface area is 153 Å². The van der Waals surface area contributed by atoms with E-state index in [2.05, 4.69) is 36.2 Å². The van der Waals surface area contributed by atoms with Crippen LogP contribution in [0.5, 0.6) is 0 Å². The summed E-state index contributed by atoms with van der Waals surface area (Å²) >= 11 is 0. The highest BCUT2D eigenvalue weighted by atomic mass is 15.1. The molecule has 0 atom stereocenters. The average Bonchev–Trinajstić information content (AvgIpc) is 3.14. The largest absolute Gasteiger partial charge is 0.371 e. The molecule has 0 unspecified atom stereocenters. The molecule has 5 rings (SSSR count). The van der Waals surface area contributed by atoms with Gasteiger partial charge in [0, 0.05) is 66.6 Å². The van der Waals surface area contributed by atoms with Gasteiger partial charge >= 0.3 is 0 Å². The number of fused-ring (bicyclic) bond motifs is 1. The molecule has 3 aromatic heterocycles. The molecule has 6 nitrogen and oxygen atoms in total. The van der Waals surface area contributed by atoms with Crippen molar-refractivity contribution in [2.75, 3.05) is 31.1 Å². The number of nitrogens with one attached hydrogen (secondary N) is 2. The fourth-order valence-corrected chi connectivity index (χ4v) is 4.65. The maximum atomic E-state index is 4.53. The number of H-pyrrole nitrogens is 1. The summed E-state index contributed by atoms with van der Waals surface area (Å²) in [7, 11) is 0. The van der Waals surface area contributed by atoms with Gasteiger partial charge in [-0.1, -0.05) is 0 Å². The molecule has 6 heteroatoms. The lowest BCUT2D eigenvalue weighted by atomic mass is 9.73. The molecule has 0 bridgehead atoms. The molecule has 0 aliphatic carbocycles. The van der Waals surface area contributed by atoms with E-state index in [0.29, 0.717) is 5.41 Å². The van der Waals surface area contributed by atoms with E-state index in [-0.39, 0.29) is 0 Å². The van der Waals surface area contributed by atoms with Gasteiger partial charge < -0.3 is 15.2 Å². The van der Waals surface area contributed by atoms with Crippen molar-refractivity contribution in [2.24, 2.45) is 5.41 Å². The van der Waals surface area contributed by atoms with Crippen molar-refractivity contribution in [3.8, 4) is 11.1 Å². The molecule has 2 N–H and O–H groups in total. The smallest absolute Gasteiger partial charge is 0.139 e. The number of nitrogens with zero attached hydrogens (tertiary/aromatic N) is 4. The molecule has 5 heterocycles. The number of aromatic amines is 1. The van der Waals surface area contributed by atoms with Crippen LogP contribution >= 0.6 is 0 Å². The van der Waals surface area contributed by atoms with Gasteiger partial charge in [0.1, 0.15) is 12.0 Å². The maximum Gasteiger partial charge on any atom is 0.139 e. The molecule has 1 spiro atoms. The highest BCUT2D eigenvalue weighted by Crippen LogP contribution is 2.41. The predicted octanol–water partition coefficient (Wildman–Crippen LogP) is 2.99. The Bertz CT molecular complexity index is 887. The second kappa shape index (κ2) is 6.36. The van der Waals surface area contributed by atoms with E-state index in [1.807, 2.05) is 24.8 Å². The second-order valence-electron chi connectivity index (χ2n) is 7.65. The molecule has 0 aromatic carbocycles. The van der Waals surface area contributed by atoms with Gasteiger partial charge in [-0.3, -0.25) is 0 Å². The van der Waals surface area contributed by atoms with E-state index in [1.165, 1.54) is 49.8 Å². The molecule has 0 radical (unpaired) electrons. The lowest BCUT2D eigenvalue weighted by Gasteiger charge is -2.45. The first kappa shape index (κ1) is 15.8. The summed E-state index contributed by atoms with van der Waals surface area (Å²) in [4.78, 5) is 18.7. The zero-order valence-electron chi connectivity index (χ0n) is 14.9. The minimum Gasteiger partial charge on any atom is -0.371 e. The van der Waals surface area contributed by atoms with E-state index >= 15 is 0 Å².